The summed E-state index contributed by atoms with van der Waals surface area (Å²) in [5, 5.41) is 10.0. The first-order valence-corrected chi connectivity index (χ1v) is 5.56. The predicted octanol–water partition coefficient (Wildman–Crippen LogP) is 2.51. The molecule has 2 nitrogen and oxygen atoms in total. The summed E-state index contributed by atoms with van der Waals surface area (Å²) in [5.74, 6) is 0. The van der Waals surface area contributed by atoms with E-state index in [-0.39, 0.29) is 6.10 Å². The largest absolute Gasteiger partial charge is 0.387 e. The van der Waals surface area contributed by atoms with Crippen molar-refractivity contribution in [1.82, 2.24) is 0 Å². The quantitative estimate of drug-likeness (QED) is 0.823. The standard InChI is InChI=1S/C13H18O2/c1-13(14)9-5-8-12(13)15-10-11-6-3-2-4-7-11/h2-4,6-7,12,14H,5,8-10H2,1H3/t12-,13-/m0/s1. The molecule has 0 aliphatic heterocycles. The van der Waals surface area contributed by atoms with Crippen LogP contribution >= 0.6 is 0 Å². The van der Waals surface area contributed by atoms with Crippen LogP contribution in [-0.2, 0) is 11.3 Å². The Bertz CT molecular complexity index is 306. The number of hydrogen-bond donors (Lipinski definition) is 1. The number of aliphatic hydroxyl groups is 1. The Hall–Kier alpha value is -0.860. The van der Waals surface area contributed by atoms with E-state index in [4.69, 9.17) is 4.74 Å². The van der Waals surface area contributed by atoms with E-state index in [1.807, 2.05) is 37.3 Å². The molecule has 2 rings (SSSR count). The summed E-state index contributed by atoms with van der Waals surface area (Å²) in [6.45, 7) is 2.47. The van der Waals surface area contributed by atoms with Crippen molar-refractivity contribution in [2.45, 2.75) is 44.5 Å². The molecule has 0 spiro atoms. The topological polar surface area (TPSA) is 29.5 Å². The van der Waals surface area contributed by atoms with E-state index in [0.717, 1.165) is 19.3 Å². The lowest BCUT2D eigenvalue weighted by molar-refractivity contribution is -0.0851. The minimum Gasteiger partial charge on any atom is -0.387 e. The van der Waals surface area contributed by atoms with E-state index in [1.165, 1.54) is 5.56 Å². The Kier molecular flexibility index (Phi) is 3.08. The SMILES string of the molecule is C[C@]1(O)CCC[C@@H]1OCc1ccccc1. The van der Waals surface area contributed by atoms with Gasteiger partial charge in [-0.2, -0.15) is 0 Å². The molecule has 2 atom stereocenters. The molecule has 2 heteroatoms. The molecular formula is C13H18O2. The summed E-state index contributed by atoms with van der Waals surface area (Å²) in [4.78, 5) is 0. The minimum atomic E-state index is -0.630. The Labute approximate surface area is 90.9 Å². The fraction of sp³-hybridized carbons (Fsp3) is 0.538. The van der Waals surface area contributed by atoms with Gasteiger partial charge in [-0.05, 0) is 31.7 Å². The van der Waals surface area contributed by atoms with Crippen molar-refractivity contribution < 1.29 is 9.84 Å². The third kappa shape index (κ3) is 2.58. The molecule has 1 saturated carbocycles. The maximum absolute atomic E-state index is 10.0. The minimum absolute atomic E-state index is 0.00212. The van der Waals surface area contributed by atoms with Gasteiger partial charge in [-0.3, -0.25) is 0 Å². The predicted molar refractivity (Wildman–Crippen MR) is 59.5 cm³/mol. The van der Waals surface area contributed by atoms with Crippen LogP contribution in [0.2, 0.25) is 0 Å². The molecule has 1 fully saturated rings. The Balaban J connectivity index is 1.89. The molecule has 1 N–H and O–H groups in total. The zero-order valence-corrected chi connectivity index (χ0v) is 9.15. The van der Waals surface area contributed by atoms with Gasteiger partial charge in [0, 0.05) is 0 Å². The van der Waals surface area contributed by atoms with Crippen LogP contribution in [0, 0.1) is 0 Å². The average molecular weight is 206 g/mol. The van der Waals surface area contributed by atoms with Crippen LogP contribution in [0.5, 0.6) is 0 Å². The maximum Gasteiger partial charge on any atom is 0.0880 e. The molecule has 82 valence electrons. The summed E-state index contributed by atoms with van der Waals surface area (Å²) < 4.78 is 5.75. The van der Waals surface area contributed by atoms with Gasteiger partial charge in [-0.1, -0.05) is 30.3 Å². The van der Waals surface area contributed by atoms with Crippen molar-refractivity contribution >= 4 is 0 Å². The van der Waals surface area contributed by atoms with Crippen LogP contribution in [0.25, 0.3) is 0 Å². The van der Waals surface area contributed by atoms with Crippen molar-refractivity contribution in [3.05, 3.63) is 35.9 Å². The van der Waals surface area contributed by atoms with Gasteiger partial charge in [0.1, 0.15) is 0 Å². The van der Waals surface area contributed by atoms with E-state index in [1.54, 1.807) is 0 Å². The number of hydrogen-bond acceptors (Lipinski definition) is 2. The first-order valence-electron chi connectivity index (χ1n) is 5.56. The Morgan fingerprint density at radius 2 is 2.13 bits per heavy atom. The molecule has 0 heterocycles. The van der Waals surface area contributed by atoms with Crippen LogP contribution < -0.4 is 0 Å². The van der Waals surface area contributed by atoms with Crippen molar-refractivity contribution in [1.29, 1.82) is 0 Å². The Morgan fingerprint density at radius 1 is 1.40 bits per heavy atom. The smallest absolute Gasteiger partial charge is 0.0880 e. The van der Waals surface area contributed by atoms with Crippen molar-refractivity contribution in [2.75, 3.05) is 0 Å². The van der Waals surface area contributed by atoms with Gasteiger partial charge < -0.3 is 9.84 Å². The number of benzene rings is 1. The molecular weight excluding hydrogens is 188 g/mol. The van der Waals surface area contributed by atoms with Crippen LogP contribution in [0.4, 0.5) is 0 Å². The highest BCUT2D eigenvalue weighted by atomic mass is 16.5. The van der Waals surface area contributed by atoms with E-state index >= 15 is 0 Å². The molecule has 0 bridgehead atoms. The molecule has 15 heavy (non-hydrogen) atoms. The number of rotatable bonds is 3. The molecule has 1 aliphatic carbocycles. The molecule has 1 aromatic carbocycles. The molecule has 0 amide bonds. The van der Waals surface area contributed by atoms with Crippen molar-refractivity contribution in [3.63, 3.8) is 0 Å². The summed E-state index contributed by atoms with van der Waals surface area (Å²) >= 11 is 0. The van der Waals surface area contributed by atoms with Gasteiger partial charge in [0.2, 0.25) is 0 Å². The molecule has 0 saturated heterocycles. The van der Waals surface area contributed by atoms with Gasteiger partial charge in [-0.15, -0.1) is 0 Å². The van der Waals surface area contributed by atoms with Gasteiger partial charge in [-0.25, -0.2) is 0 Å². The average Bonchev–Trinajstić information content (AvgIpc) is 2.56. The monoisotopic (exact) mass is 206 g/mol. The van der Waals surface area contributed by atoms with Gasteiger partial charge >= 0.3 is 0 Å². The molecule has 0 aromatic heterocycles. The Morgan fingerprint density at radius 3 is 2.73 bits per heavy atom. The lowest BCUT2D eigenvalue weighted by Crippen LogP contribution is -2.35. The van der Waals surface area contributed by atoms with Crippen LogP contribution in [-0.4, -0.2) is 16.8 Å². The summed E-state index contributed by atoms with van der Waals surface area (Å²) in [6, 6.07) is 10.1. The lowest BCUT2D eigenvalue weighted by Gasteiger charge is -2.25. The zero-order valence-electron chi connectivity index (χ0n) is 9.15. The summed E-state index contributed by atoms with van der Waals surface area (Å²) in [7, 11) is 0. The van der Waals surface area contributed by atoms with E-state index in [0.29, 0.717) is 6.61 Å². The summed E-state index contributed by atoms with van der Waals surface area (Å²) in [6.07, 6.45) is 2.89. The first-order chi connectivity index (χ1) is 7.18. The first kappa shape index (κ1) is 10.7. The molecule has 0 unspecified atom stereocenters. The highest BCUT2D eigenvalue weighted by Gasteiger charge is 2.37. The van der Waals surface area contributed by atoms with Crippen LogP contribution in [0.3, 0.4) is 0 Å². The van der Waals surface area contributed by atoms with Gasteiger partial charge in [0.15, 0.2) is 0 Å². The molecule has 0 radical (unpaired) electrons. The van der Waals surface area contributed by atoms with E-state index < -0.39 is 5.60 Å². The fourth-order valence-electron chi connectivity index (χ4n) is 2.15. The normalized spacial score (nSPS) is 30.7. The molecule has 1 aromatic rings. The zero-order chi connectivity index (χ0) is 10.7. The van der Waals surface area contributed by atoms with Crippen molar-refractivity contribution in [2.24, 2.45) is 0 Å². The summed E-state index contributed by atoms with van der Waals surface area (Å²) in [5.41, 5.74) is 0.537. The lowest BCUT2D eigenvalue weighted by atomic mass is 10.0. The fourth-order valence-corrected chi connectivity index (χ4v) is 2.15. The maximum atomic E-state index is 10.0. The highest BCUT2D eigenvalue weighted by molar-refractivity contribution is 5.13. The highest BCUT2D eigenvalue weighted by Crippen LogP contribution is 2.32. The second kappa shape index (κ2) is 4.33. The van der Waals surface area contributed by atoms with Crippen LogP contribution in [0.15, 0.2) is 30.3 Å². The van der Waals surface area contributed by atoms with E-state index in [2.05, 4.69) is 0 Å². The second-order valence-electron chi connectivity index (χ2n) is 4.53. The second-order valence-corrected chi connectivity index (χ2v) is 4.53. The third-order valence-electron chi connectivity index (χ3n) is 3.14. The van der Waals surface area contributed by atoms with E-state index in [9.17, 15) is 5.11 Å². The molecule has 1 aliphatic rings. The number of ether oxygens (including phenoxy) is 1. The van der Waals surface area contributed by atoms with Gasteiger partial charge in [0.25, 0.3) is 0 Å². The van der Waals surface area contributed by atoms with Crippen LogP contribution in [0.1, 0.15) is 31.7 Å². The third-order valence-corrected chi connectivity index (χ3v) is 3.14. The van der Waals surface area contributed by atoms with Crippen molar-refractivity contribution in [3.8, 4) is 0 Å². The van der Waals surface area contributed by atoms with Gasteiger partial charge in [0.05, 0.1) is 18.3 Å².